The fraction of sp³-hybridized carbons (Fsp3) is 0. The van der Waals surface area contributed by atoms with Gasteiger partial charge in [-0.1, -0.05) is 22.0 Å². The third-order valence-corrected chi connectivity index (χ3v) is 2.86. The highest BCUT2D eigenvalue weighted by Gasteiger charge is 2.15. The molecule has 1 N–H and O–H groups in total. The third-order valence-electron chi connectivity index (χ3n) is 2.37. The number of halogens is 4. The number of rotatable bonds is 2. The maximum absolute atomic E-state index is 13.4. The molecule has 0 fully saturated rings. The largest absolute Gasteiger partial charge is 0.319 e. The van der Waals surface area contributed by atoms with Crippen LogP contribution in [0.1, 0.15) is 10.4 Å². The molecule has 0 aliphatic rings. The minimum absolute atomic E-state index is 0.263. The molecular weight excluding hydrogens is 323 g/mol. The van der Waals surface area contributed by atoms with E-state index in [4.69, 9.17) is 0 Å². The van der Waals surface area contributed by atoms with Gasteiger partial charge in [-0.15, -0.1) is 0 Å². The van der Waals surface area contributed by atoms with Gasteiger partial charge in [-0.3, -0.25) is 4.79 Å². The van der Waals surface area contributed by atoms with Crippen molar-refractivity contribution >= 4 is 27.5 Å². The van der Waals surface area contributed by atoms with Gasteiger partial charge in [0.15, 0.2) is 17.5 Å². The molecule has 0 aliphatic carbocycles. The van der Waals surface area contributed by atoms with Gasteiger partial charge in [-0.2, -0.15) is 0 Å². The van der Waals surface area contributed by atoms with Crippen molar-refractivity contribution in [2.24, 2.45) is 0 Å². The van der Waals surface area contributed by atoms with Crippen molar-refractivity contribution in [3.63, 3.8) is 0 Å². The van der Waals surface area contributed by atoms with E-state index in [1.165, 1.54) is 12.1 Å². The summed E-state index contributed by atoms with van der Waals surface area (Å²) in [6.45, 7) is 0. The smallest absolute Gasteiger partial charge is 0.255 e. The molecular formula is C13H7BrF3NO. The van der Waals surface area contributed by atoms with Crippen LogP contribution in [0.5, 0.6) is 0 Å². The monoisotopic (exact) mass is 329 g/mol. The van der Waals surface area contributed by atoms with Gasteiger partial charge in [0, 0.05) is 10.0 Å². The van der Waals surface area contributed by atoms with Gasteiger partial charge in [0.1, 0.15) is 0 Å². The second kappa shape index (κ2) is 5.44. The van der Waals surface area contributed by atoms with Crippen LogP contribution in [0.25, 0.3) is 0 Å². The summed E-state index contributed by atoms with van der Waals surface area (Å²) in [5, 5.41) is 2.18. The Bertz CT molecular complexity index is 646. The van der Waals surface area contributed by atoms with Crippen molar-refractivity contribution in [1.29, 1.82) is 0 Å². The molecule has 0 spiro atoms. The van der Waals surface area contributed by atoms with Crippen LogP contribution in [0.2, 0.25) is 0 Å². The summed E-state index contributed by atoms with van der Waals surface area (Å²) in [6.07, 6.45) is 0. The van der Waals surface area contributed by atoms with Crippen LogP contribution in [-0.2, 0) is 0 Å². The summed E-state index contributed by atoms with van der Waals surface area (Å²) >= 11 is 3.19. The van der Waals surface area contributed by atoms with Gasteiger partial charge < -0.3 is 5.32 Å². The lowest BCUT2D eigenvalue weighted by Gasteiger charge is -2.07. The molecule has 2 rings (SSSR count). The third kappa shape index (κ3) is 2.96. The molecule has 1 amide bonds. The van der Waals surface area contributed by atoms with Gasteiger partial charge in [-0.25, -0.2) is 13.2 Å². The quantitative estimate of drug-likeness (QED) is 0.825. The Balaban J connectivity index is 2.27. The zero-order chi connectivity index (χ0) is 14.0. The highest BCUT2D eigenvalue weighted by atomic mass is 79.9. The van der Waals surface area contributed by atoms with Gasteiger partial charge in [0.25, 0.3) is 5.91 Å². The molecule has 2 nitrogen and oxygen atoms in total. The van der Waals surface area contributed by atoms with Gasteiger partial charge in [-0.05, 0) is 30.3 Å². The topological polar surface area (TPSA) is 29.1 Å². The molecule has 0 aromatic heterocycles. The second-order valence-corrected chi connectivity index (χ2v) is 4.60. The molecule has 0 atom stereocenters. The number of nitrogens with one attached hydrogen (secondary N) is 1. The van der Waals surface area contributed by atoms with E-state index >= 15 is 0 Å². The fourth-order valence-corrected chi connectivity index (χ4v) is 1.85. The van der Waals surface area contributed by atoms with Crippen LogP contribution in [0.3, 0.4) is 0 Å². The minimum Gasteiger partial charge on any atom is -0.319 e. The van der Waals surface area contributed by atoms with Crippen LogP contribution in [-0.4, -0.2) is 5.91 Å². The van der Waals surface area contributed by atoms with Crippen molar-refractivity contribution < 1.29 is 18.0 Å². The van der Waals surface area contributed by atoms with Crippen molar-refractivity contribution in [1.82, 2.24) is 0 Å². The van der Waals surface area contributed by atoms with E-state index in [0.29, 0.717) is 4.47 Å². The molecule has 6 heteroatoms. The lowest BCUT2D eigenvalue weighted by atomic mass is 10.2. The van der Waals surface area contributed by atoms with Gasteiger partial charge in [0.2, 0.25) is 0 Å². The highest BCUT2D eigenvalue weighted by molar-refractivity contribution is 9.10. The first-order valence-corrected chi connectivity index (χ1v) is 5.99. The Morgan fingerprint density at radius 1 is 1.05 bits per heavy atom. The SMILES string of the molecule is O=C(Nc1ccc(F)c(F)c1F)c1cccc(Br)c1. The molecule has 2 aromatic rings. The van der Waals surface area contributed by atoms with Crippen molar-refractivity contribution in [2.75, 3.05) is 5.32 Å². The van der Waals surface area contributed by atoms with E-state index in [-0.39, 0.29) is 5.56 Å². The number of hydrogen-bond acceptors (Lipinski definition) is 1. The van der Waals surface area contributed by atoms with E-state index in [0.717, 1.165) is 12.1 Å². The Morgan fingerprint density at radius 3 is 2.47 bits per heavy atom. The van der Waals surface area contributed by atoms with Crippen LogP contribution in [0, 0.1) is 17.5 Å². The zero-order valence-corrected chi connectivity index (χ0v) is 11.0. The number of carbonyl (C=O) groups is 1. The number of anilines is 1. The maximum Gasteiger partial charge on any atom is 0.255 e. The zero-order valence-electron chi connectivity index (χ0n) is 9.38. The normalized spacial score (nSPS) is 10.3. The first kappa shape index (κ1) is 13.6. The van der Waals surface area contributed by atoms with E-state index in [2.05, 4.69) is 21.2 Å². The fourth-order valence-electron chi connectivity index (χ4n) is 1.45. The maximum atomic E-state index is 13.4. The standard InChI is InChI=1S/C13H7BrF3NO/c14-8-3-1-2-7(6-8)13(19)18-10-5-4-9(15)11(16)12(10)17/h1-6H,(H,18,19). The molecule has 0 saturated carbocycles. The number of hydrogen-bond donors (Lipinski definition) is 1. The summed E-state index contributed by atoms with van der Waals surface area (Å²) in [5.74, 6) is -4.97. The van der Waals surface area contributed by atoms with Gasteiger partial charge in [0.05, 0.1) is 5.69 Å². The lowest BCUT2D eigenvalue weighted by Crippen LogP contribution is -2.13. The Morgan fingerprint density at radius 2 is 1.79 bits per heavy atom. The average molecular weight is 330 g/mol. The molecule has 98 valence electrons. The van der Waals surface area contributed by atoms with Gasteiger partial charge >= 0.3 is 0 Å². The van der Waals surface area contributed by atoms with Crippen LogP contribution >= 0.6 is 15.9 Å². The number of benzene rings is 2. The predicted octanol–water partition coefficient (Wildman–Crippen LogP) is 4.12. The predicted molar refractivity (Wildman–Crippen MR) is 68.4 cm³/mol. The molecule has 0 unspecified atom stereocenters. The van der Waals surface area contributed by atoms with Crippen LogP contribution in [0.15, 0.2) is 40.9 Å². The first-order valence-electron chi connectivity index (χ1n) is 5.19. The summed E-state index contributed by atoms with van der Waals surface area (Å²) in [6, 6.07) is 8.08. The first-order chi connectivity index (χ1) is 8.99. The Kier molecular flexibility index (Phi) is 3.90. The van der Waals surface area contributed by atoms with Crippen molar-refractivity contribution in [3.05, 3.63) is 63.9 Å². The molecule has 0 radical (unpaired) electrons. The lowest BCUT2D eigenvalue weighted by molar-refractivity contribution is 0.102. The van der Waals surface area contributed by atoms with E-state index in [1.807, 2.05) is 0 Å². The molecule has 0 aliphatic heterocycles. The summed E-state index contributed by atoms with van der Waals surface area (Å²) in [4.78, 5) is 11.8. The Hall–Kier alpha value is -1.82. The summed E-state index contributed by atoms with van der Waals surface area (Å²) in [7, 11) is 0. The van der Waals surface area contributed by atoms with E-state index in [9.17, 15) is 18.0 Å². The van der Waals surface area contributed by atoms with Crippen LogP contribution < -0.4 is 5.32 Å². The number of amides is 1. The van der Waals surface area contributed by atoms with E-state index < -0.39 is 29.0 Å². The molecule has 19 heavy (non-hydrogen) atoms. The highest BCUT2D eigenvalue weighted by Crippen LogP contribution is 2.20. The molecule has 0 bridgehead atoms. The summed E-state index contributed by atoms with van der Waals surface area (Å²) < 4.78 is 39.8. The van der Waals surface area contributed by atoms with Crippen LogP contribution in [0.4, 0.5) is 18.9 Å². The number of carbonyl (C=O) groups excluding carboxylic acids is 1. The molecule has 2 aromatic carbocycles. The van der Waals surface area contributed by atoms with E-state index in [1.54, 1.807) is 12.1 Å². The van der Waals surface area contributed by atoms with Crippen molar-refractivity contribution in [3.8, 4) is 0 Å². The molecule has 0 heterocycles. The second-order valence-electron chi connectivity index (χ2n) is 3.69. The van der Waals surface area contributed by atoms with Crippen molar-refractivity contribution in [2.45, 2.75) is 0 Å². The average Bonchev–Trinajstić information content (AvgIpc) is 2.39. The molecule has 0 saturated heterocycles. The minimum atomic E-state index is -1.62. The summed E-state index contributed by atoms with van der Waals surface area (Å²) in [5.41, 5.74) is -0.151. The Labute approximate surface area is 115 Å².